The van der Waals surface area contributed by atoms with E-state index in [1.807, 2.05) is 30.3 Å². The van der Waals surface area contributed by atoms with E-state index in [2.05, 4.69) is 88.3 Å². The van der Waals surface area contributed by atoms with Crippen LogP contribution in [0, 0.1) is 5.82 Å². The third-order valence-corrected chi connectivity index (χ3v) is 9.67. The van der Waals surface area contributed by atoms with E-state index in [4.69, 9.17) is 0 Å². The molecule has 0 saturated heterocycles. The lowest BCUT2D eigenvalue weighted by Gasteiger charge is -2.40. The van der Waals surface area contributed by atoms with E-state index in [1.54, 1.807) is 12.1 Å². The first kappa shape index (κ1) is 20.0. The van der Waals surface area contributed by atoms with Crippen molar-refractivity contribution in [2.45, 2.75) is 11.3 Å². The summed E-state index contributed by atoms with van der Waals surface area (Å²) in [7, 11) is 0. The second kappa shape index (κ2) is 9.03. The van der Waals surface area contributed by atoms with Gasteiger partial charge in [-0.15, -0.1) is 0 Å². The number of halogens is 2. The van der Waals surface area contributed by atoms with Crippen LogP contribution in [0.3, 0.4) is 0 Å². The number of hydrogen-bond acceptors (Lipinski definition) is 0. The van der Waals surface area contributed by atoms with Gasteiger partial charge in [-0.25, -0.2) is 4.39 Å². The lowest BCUT2D eigenvalue weighted by atomic mass is 9.84. The molecule has 0 heterocycles. The molecule has 0 nitrogen and oxygen atoms in total. The molecule has 0 aliphatic rings. The topological polar surface area (TPSA) is 0 Å². The van der Waals surface area contributed by atoms with E-state index in [1.165, 1.54) is 16.7 Å². The van der Waals surface area contributed by atoms with Crippen molar-refractivity contribution in [3.63, 3.8) is 0 Å². The van der Waals surface area contributed by atoms with Crippen LogP contribution in [0.4, 0.5) is 4.39 Å². The first-order chi connectivity index (χ1) is 14.2. The Morgan fingerprint density at radius 3 is 1.38 bits per heavy atom. The zero-order valence-electron chi connectivity index (χ0n) is 15.9. The summed E-state index contributed by atoms with van der Waals surface area (Å²) in [4.78, 5) is 0. The molecule has 0 aromatic heterocycles. The standard InChI is InChI=1S/C26H21BrFP/c27-29(20-21-12-10-11-19-25(21)28)26(22-13-4-1-5-14-22,23-15-6-2-7-16-23)24-17-8-3-9-18-24/h1-19H,20H2. The molecule has 0 fully saturated rings. The van der Waals surface area contributed by atoms with Crippen molar-refractivity contribution in [2.75, 3.05) is 0 Å². The molecule has 0 spiro atoms. The SMILES string of the molecule is Fc1ccccc1CP(Br)C(c1ccccc1)(c1ccccc1)c1ccccc1. The lowest BCUT2D eigenvalue weighted by molar-refractivity contribution is 0.617. The van der Waals surface area contributed by atoms with Crippen LogP contribution in [0.5, 0.6) is 0 Å². The van der Waals surface area contributed by atoms with E-state index in [-0.39, 0.29) is 5.82 Å². The van der Waals surface area contributed by atoms with Crippen LogP contribution in [0.25, 0.3) is 0 Å². The summed E-state index contributed by atoms with van der Waals surface area (Å²) in [6.45, 7) is -0.877. The predicted octanol–water partition coefficient (Wildman–Crippen LogP) is 8.11. The summed E-state index contributed by atoms with van der Waals surface area (Å²) < 4.78 is 14.5. The highest BCUT2D eigenvalue weighted by Crippen LogP contribution is 2.69. The van der Waals surface area contributed by atoms with Gasteiger partial charge in [0.1, 0.15) is 5.82 Å². The summed E-state index contributed by atoms with van der Waals surface area (Å²) in [6, 6.07) is 38.7. The van der Waals surface area contributed by atoms with E-state index >= 15 is 0 Å². The van der Waals surface area contributed by atoms with Gasteiger partial charge < -0.3 is 0 Å². The summed E-state index contributed by atoms with van der Waals surface area (Å²) in [5.74, 6) is -0.150. The fourth-order valence-electron chi connectivity index (χ4n) is 3.85. The molecule has 3 heteroatoms. The Bertz CT molecular complexity index is 955. The van der Waals surface area contributed by atoms with Crippen LogP contribution in [0.1, 0.15) is 22.3 Å². The Labute approximate surface area is 180 Å². The number of rotatable bonds is 6. The highest BCUT2D eigenvalue weighted by Gasteiger charge is 2.42. The van der Waals surface area contributed by atoms with Crippen LogP contribution >= 0.6 is 22.1 Å². The van der Waals surface area contributed by atoms with E-state index < -0.39 is 11.8 Å². The minimum atomic E-state index is -0.877. The van der Waals surface area contributed by atoms with Crippen LogP contribution in [0.15, 0.2) is 115 Å². The van der Waals surface area contributed by atoms with E-state index in [0.29, 0.717) is 6.16 Å². The largest absolute Gasteiger partial charge is 0.207 e. The quantitative estimate of drug-likeness (QED) is 0.200. The Balaban J connectivity index is 1.96. The molecule has 4 rings (SSSR count). The van der Waals surface area contributed by atoms with Gasteiger partial charge in [-0.1, -0.05) is 125 Å². The molecule has 0 aliphatic carbocycles. The number of benzene rings is 4. The van der Waals surface area contributed by atoms with Gasteiger partial charge in [-0.05, 0) is 34.9 Å². The molecule has 0 bridgehead atoms. The Morgan fingerprint density at radius 1 is 0.586 bits per heavy atom. The van der Waals surface area contributed by atoms with Crippen molar-refractivity contribution in [1.29, 1.82) is 0 Å². The molecule has 0 radical (unpaired) electrons. The van der Waals surface area contributed by atoms with E-state index in [9.17, 15) is 4.39 Å². The zero-order chi connectivity index (χ0) is 20.1. The molecule has 1 unspecified atom stereocenters. The average Bonchev–Trinajstić information content (AvgIpc) is 2.78. The van der Waals surface area contributed by atoms with Crippen molar-refractivity contribution in [3.05, 3.63) is 143 Å². The minimum Gasteiger partial charge on any atom is -0.207 e. The number of hydrogen-bond donors (Lipinski definition) is 0. The van der Waals surface area contributed by atoms with Gasteiger partial charge in [-0.3, -0.25) is 0 Å². The van der Waals surface area contributed by atoms with E-state index in [0.717, 1.165) is 5.56 Å². The highest BCUT2D eigenvalue weighted by atomic mass is 79.9. The van der Waals surface area contributed by atoms with Crippen LogP contribution in [-0.4, -0.2) is 0 Å². The molecule has 29 heavy (non-hydrogen) atoms. The van der Waals surface area contributed by atoms with Gasteiger partial charge in [0, 0.05) is 6.16 Å². The smallest absolute Gasteiger partial charge is 0.126 e. The van der Waals surface area contributed by atoms with Crippen molar-refractivity contribution in [1.82, 2.24) is 0 Å². The van der Waals surface area contributed by atoms with Gasteiger partial charge in [0.25, 0.3) is 0 Å². The molecule has 1 atom stereocenters. The average molecular weight is 463 g/mol. The Kier molecular flexibility index (Phi) is 6.23. The third-order valence-electron chi connectivity index (χ3n) is 5.21. The van der Waals surface area contributed by atoms with Crippen molar-refractivity contribution < 1.29 is 4.39 Å². The molecule has 144 valence electrons. The molecular formula is C26H21BrFP. The molecule has 0 saturated carbocycles. The fraction of sp³-hybridized carbons (Fsp3) is 0.0769. The van der Waals surface area contributed by atoms with Gasteiger partial charge in [-0.2, -0.15) is 0 Å². The summed E-state index contributed by atoms with van der Waals surface area (Å²) in [5.41, 5.74) is 4.35. The second-order valence-corrected chi connectivity index (χ2v) is 11.2. The minimum absolute atomic E-state index is 0.150. The Hall–Kier alpha value is -2.28. The maximum absolute atomic E-state index is 14.5. The van der Waals surface area contributed by atoms with Gasteiger partial charge in [0.15, 0.2) is 0 Å². The molecular weight excluding hydrogens is 442 g/mol. The monoisotopic (exact) mass is 462 g/mol. The van der Waals surface area contributed by atoms with Gasteiger partial charge in [0.05, 0.1) is 5.16 Å². The van der Waals surface area contributed by atoms with Crippen LogP contribution in [0.2, 0.25) is 0 Å². The van der Waals surface area contributed by atoms with Crippen molar-refractivity contribution in [3.8, 4) is 0 Å². The first-order valence-corrected chi connectivity index (χ1v) is 13.1. The Morgan fingerprint density at radius 2 is 0.966 bits per heavy atom. The fourth-order valence-corrected chi connectivity index (χ4v) is 8.59. The van der Waals surface area contributed by atoms with Crippen LogP contribution in [-0.2, 0) is 11.3 Å². The van der Waals surface area contributed by atoms with Gasteiger partial charge in [0.2, 0.25) is 0 Å². The molecule has 0 amide bonds. The maximum atomic E-state index is 14.5. The molecule has 4 aromatic rings. The van der Waals surface area contributed by atoms with Crippen LogP contribution < -0.4 is 0 Å². The summed E-state index contributed by atoms with van der Waals surface area (Å²) in [5, 5.41) is -0.401. The summed E-state index contributed by atoms with van der Waals surface area (Å²) >= 11 is 4.08. The summed E-state index contributed by atoms with van der Waals surface area (Å²) in [6.07, 6.45) is 0.626. The van der Waals surface area contributed by atoms with Gasteiger partial charge >= 0.3 is 0 Å². The molecule has 0 N–H and O–H groups in total. The zero-order valence-corrected chi connectivity index (χ0v) is 18.4. The maximum Gasteiger partial charge on any atom is 0.126 e. The molecule has 0 aliphatic heterocycles. The van der Waals surface area contributed by atoms with Crippen molar-refractivity contribution >= 4 is 22.1 Å². The lowest BCUT2D eigenvalue weighted by Crippen LogP contribution is -2.26. The second-order valence-electron chi connectivity index (χ2n) is 6.92. The predicted molar refractivity (Wildman–Crippen MR) is 125 cm³/mol. The first-order valence-electron chi connectivity index (χ1n) is 9.56. The normalized spacial score (nSPS) is 12.5. The molecule has 4 aromatic carbocycles. The highest BCUT2D eigenvalue weighted by molar-refractivity contribution is 9.39. The third kappa shape index (κ3) is 3.92. The van der Waals surface area contributed by atoms with Crippen molar-refractivity contribution in [2.24, 2.45) is 0 Å².